The normalized spacial score (nSPS) is 11.1. The van der Waals surface area contributed by atoms with E-state index in [4.69, 9.17) is 18.6 Å². The van der Waals surface area contributed by atoms with Crippen LogP contribution in [0.1, 0.15) is 23.0 Å². The van der Waals surface area contributed by atoms with Gasteiger partial charge in [0.1, 0.15) is 5.58 Å². The molecular formula is C25H22N2O6. The average molecular weight is 446 g/mol. The SMILES string of the molecule is CCOC(=O)COc1ccc(/C=N/NC(=O)c2cc3c(ccc4ccccc43)o2)cc1OC. The summed E-state index contributed by atoms with van der Waals surface area (Å²) in [5.74, 6) is 0.0400. The number of hydrogen-bond donors (Lipinski definition) is 1. The minimum atomic E-state index is -0.466. The van der Waals surface area contributed by atoms with Gasteiger partial charge in [-0.3, -0.25) is 4.79 Å². The third-order valence-electron chi connectivity index (χ3n) is 4.87. The molecule has 0 unspecified atom stereocenters. The maximum atomic E-state index is 12.5. The number of hydrazone groups is 1. The van der Waals surface area contributed by atoms with Crippen molar-refractivity contribution >= 4 is 39.8 Å². The molecule has 8 heteroatoms. The molecule has 0 radical (unpaired) electrons. The van der Waals surface area contributed by atoms with Crippen molar-refractivity contribution in [1.29, 1.82) is 0 Å². The van der Waals surface area contributed by atoms with Crippen LogP contribution in [0, 0.1) is 0 Å². The molecule has 0 aliphatic heterocycles. The Bertz CT molecular complexity index is 1340. The Kier molecular flexibility index (Phi) is 6.54. The minimum absolute atomic E-state index is 0.166. The summed E-state index contributed by atoms with van der Waals surface area (Å²) in [6, 6.07) is 18.4. The predicted octanol–water partition coefficient (Wildman–Crippen LogP) is 4.30. The lowest BCUT2D eigenvalue weighted by Gasteiger charge is -2.10. The number of methoxy groups -OCH3 is 1. The van der Waals surface area contributed by atoms with Gasteiger partial charge in [-0.05, 0) is 53.6 Å². The van der Waals surface area contributed by atoms with Crippen LogP contribution in [0.5, 0.6) is 11.5 Å². The van der Waals surface area contributed by atoms with Crippen LogP contribution in [0.4, 0.5) is 0 Å². The van der Waals surface area contributed by atoms with Crippen LogP contribution >= 0.6 is 0 Å². The molecule has 0 saturated carbocycles. The van der Waals surface area contributed by atoms with Crippen molar-refractivity contribution in [3.05, 3.63) is 72.0 Å². The van der Waals surface area contributed by atoms with Gasteiger partial charge in [-0.1, -0.05) is 30.3 Å². The second-order valence-corrected chi connectivity index (χ2v) is 7.01. The first-order valence-electron chi connectivity index (χ1n) is 10.3. The molecule has 0 fully saturated rings. The van der Waals surface area contributed by atoms with Gasteiger partial charge in [0, 0.05) is 5.39 Å². The van der Waals surface area contributed by atoms with Crippen LogP contribution in [0.15, 0.2) is 70.2 Å². The van der Waals surface area contributed by atoms with E-state index in [0.717, 1.165) is 16.2 Å². The summed E-state index contributed by atoms with van der Waals surface area (Å²) >= 11 is 0. The van der Waals surface area contributed by atoms with E-state index >= 15 is 0 Å². The fourth-order valence-electron chi connectivity index (χ4n) is 3.35. The van der Waals surface area contributed by atoms with Gasteiger partial charge in [-0.25, -0.2) is 10.2 Å². The van der Waals surface area contributed by atoms with E-state index in [1.165, 1.54) is 13.3 Å². The summed E-state index contributed by atoms with van der Waals surface area (Å²) in [6.45, 7) is 1.78. The molecule has 4 aromatic rings. The number of carbonyl (C=O) groups is 2. The summed E-state index contributed by atoms with van der Waals surface area (Å²) in [5.41, 5.74) is 3.76. The fourth-order valence-corrected chi connectivity index (χ4v) is 3.35. The summed E-state index contributed by atoms with van der Waals surface area (Å²) in [4.78, 5) is 24.0. The number of esters is 1. The molecular weight excluding hydrogens is 424 g/mol. The van der Waals surface area contributed by atoms with E-state index in [1.54, 1.807) is 31.2 Å². The molecule has 3 aromatic carbocycles. The Morgan fingerprint density at radius 3 is 2.70 bits per heavy atom. The molecule has 0 aliphatic rings. The first kappa shape index (κ1) is 21.9. The molecule has 0 bridgehead atoms. The number of hydrogen-bond acceptors (Lipinski definition) is 7. The van der Waals surface area contributed by atoms with Crippen LogP contribution in [-0.4, -0.2) is 38.4 Å². The van der Waals surface area contributed by atoms with Gasteiger partial charge in [-0.2, -0.15) is 5.10 Å². The first-order chi connectivity index (χ1) is 16.1. The lowest BCUT2D eigenvalue weighted by Crippen LogP contribution is -2.16. The Labute approximate surface area is 189 Å². The quantitative estimate of drug-likeness (QED) is 0.246. The minimum Gasteiger partial charge on any atom is -0.493 e. The zero-order chi connectivity index (χ0) is 23.2. The molecule has 0 saturated heterocycles. The first-order valence-corrected chi connectivity index (χ1v) is 10.3. The van der Waals surface area contributed by atoms with Crippen molar-refractivity contribution in [3.63, 3.8) is 0 Å². The Morgan fingerprint density at radius 1 is 1.03 bits per heavy atom. The van der Waals surface area contributed by atoms with Crippen molar-refractivity contribution < 1.29 is 28.2 Å². The average Bonchev–Trinajstić information content (AvgIpc) is 3.28. The molecule has 1 amide bonds. The zero-order valence-corrected chi connectivity index (χ0v) is 18.2. The molecule has 168 valence electrons. The number of rotatable bonds is 8. The van der Waals surface area contributed by atoms with Gasteiger partial charge in [-0.15, -0.1) is 0 Å². The number of furan rings is 1. The third-order valence-corrected chi connectivity index (χ3v) is 4.87. The lowest BCUT2D eigenvalue weighted by molar-refractivity contribution is -0.145. The molecule has 0 spiro atoms. The van der Waals surface area contributed by atoms with Crippen molar-refractivity contribution in [2.45, 2.75) is 6.92 Å². The van der Waals surface area contributed by atoms with E-state index in [9.17, 15) is 9.59 Å². The predicted molar refractivity (Wildman–Crippen MR) is 124 cm³/mol. The van der Waals surface area contributed by atoms with Gasteiger partial charge >= 0.3 is 11.9 Å². The highest BCUT2D eigenvalue weighted by Gasteiger charge is 2.13. The van der Waals surface area contributed by atoms with Crippen molar-refractivity contribution in [2.75, 3.05) is 20.3 Å². The van der Waals surface area contributed by atoms with Crippen molar-refractivity contribution in [2.24, 2.45) is 5.10 Å². The Balaban J connectivity index is 1.43. The van der Waals surface area contributed by atoms with Gasteiger partial charge in [0.2, 0.25) is 0 Å². The molecule has 8 nitrogen and oxygen atoms in total. The summed E-state index contributed by atoms with van der Waals surface area (Å²) in [5, 5.41) is 6.95. The van der Waals surface area contributed by atoms with E-state index in [-0.39, 0.29) is 19.0 Å². The lowest BCUT2D eigenvalue weighted by atomic mass is 10.1. The summed E-state index contributed by atoms with van der Waals surface area (Å²) in [7, 11) is 1.49. The van der Waals surface area contributed by atoms with Crippen LogP contribution in [0.2, 0.25) is 0 Å². The number of nitrogens with one attached hydrogen (secondary N) is 1. The number of nitrogens with zero attached hydrogens (tertiary/aromatic N) is 1. The third kappa shape index (κ3) is 4.95. The maximum Gasteiger partial charge on any atom is 0.344 e. The van der Waals surface area contributed by atoms with Crippen LogP contribution < -0.4 is 14.9 Å². The number of amides is 1. The fraction of sp³-hybridized carbons (Fsp3) is 0.160. The van der Waals surface area contributed by atoms with Gasteiger partial charge in [0.25, 0.3) is 0 Å². The smallest absolute Gasteiger partial charge is 0.344 e. The maximum absolute atomic E-state index is 12.5. The molecule has 1 aromatic heterocycles. The number of carbonyl (C=O) groups excluding carboxylic acids is 2. The highest BCUT2D eigenvalue weighted by Crippen LogP contribution is 2.29. The van der Waals surface area contributed by atoms with Gasteiger partial charge in [0.05, 0.1) is 19.9 Å². The van der Waals surface area contributed by atoms with Crippen LogP contribution in [-0.2, 0) is 9.53 Å². The Morgan fingerprint density at radius 2 is 1.88 bits per heavy atom. The van der Waals surface area contributed by atoms with E-state index in [0.29, 0.717) is 22.6 Å². The summed E-state index contributed by atoms with van der Waals surface area (Å²) < 4.78 is 21.3. The van der Waals surface area contributed by atoms with E-state index in [2.05, 4.69) is 10.5 Å². The zero-order valence-electron chi connectivity index (χ0n) is 18.2. The monoisotopic (exact) mass is 446 g/mol. The van der Waals surface area contributed by atoms with Crippen LogP contribution in [0.25, 0.3) is 21.7 Å². The number of ether oxygens (including phenoxy) is 3. The number of benzene rings is 3. The molecule has 4 rings (SSSR count). The largest absolute Gasteiger partial charge is 0.493 e. The standard InChI is InChI=1S/C25H22N2O6/c1-3-31-24(28)15-32-21-10-8-16(12-22(21)30-2)14-26-27-25(29)23-13-19-18-7-5-4-6-17(18)9-11-20(19)33-23/h4-14H,3,15H2,1-2H3,(H,27,29)/b26-14+. The second kappa shape index (κ2) is 9.86. The van der Waals surface area contributed by atoms with Gasteiger partial charge < -0.3 is 18.6 Å². The summed E-state index contributed by atoms with van der Waals surface area (Å²) in [6.07, 6.45) is 1.47. The second-order valence-electron chi connectivity index (χ2n) is 7.01. The molecule has 1 N–H and O–H groups in total. The molecule has 33 heavy (non-hydrogen) atoms. The van der Waals surface area contributed by atoms with E-state index < -0.39 is 11.9 Å². The molecule has 0 atom stereocenters. The Hall–Kier alpha value is -4.33. The van der Waals surface area contributed by atoms with Crippen molar-refractivity contribution in [3.8, 4) is 11.5 Å². The van der Waals surface area contributed by atoms with E-state index in [1.807, 2.05) is 36.4 Å². The molecule has 1 heterocycles. The van der Waals surface area contributed by atoms with Crippen LogP contribution in [0.3, 0.4) is 0 Å². The highest BCUT2D eigenvalue weighted by atomic mass is 16.6. The van der Waals surface area contributed by atoms with Crippen molar-refractivity contribution in [1.82, 2.24) is 5.43 Å². The number of fused-ring (bicyclic) bond motifs is 3. The highest BCUT2D eigenvalue weighted by molar-refractivity contribution is 6.08. The molecule has 0 aliphatic carbocycles. The topological polar surface area (TPSA) is 99.4 Å². The van der Waals surface area contributed by atoms with Gasteiger partial charge in [0.15, 0.2) is 23.9 Å².